The Morgan fingerprint density at radius 2 is 1.63 bits per heavy atom. The van der Waals surface area contributed by atoms with Crippen LogP contribution in [-0.4, -0.2) is 75.7 Å². The summed E-state index contributed by atoms with van der Waals surface area (Å²) in [5.74, 6) is 0.284. The first-order valence-corrected chi connectivity index (χ1v) is 13.2. The van der Waals surface area contributed by atoms with Crippen LogP contribution in [0.4, 0.5) is 4.79 Å². The summed E-state index contributed by atoms with van der Waals surface area (Å²) in [6.45, 7) is 7.38. The molecular formula is C25H33N3O6S. The molecule has 0 unspecified atom stereocenters. The van der Waals surface area contributed by atoms with Crippen molar-refractivity contribution in [2.24, 2.45) is 0 Å². The second-order valence-electron chi connectivity index (χ2n) is 8.24. The van der Waals surface area contributed by atoms with E-state index in [-0.39, 0.29) is 23.8 Å². The average molecular weight is 504 g/mol. The van der Waals surface area contributed by atoms with Gasteiger partial charge in [0.2, 0.25) is 15.9 Å². The molecule has 190 valence electrons. The van der Waals surface area contributed by atoms with E-state index in [1.54, 1.807) is 29.7 Å². The second kappa shape index (κ2) is 12.0. The lowest BCUT2D eigenvalue weighted by Gasteiger charge is -2.36. The van der Waals surface area contributed by atoms with Gasteiger partial charge in [-0.15, -0.1) is 0 Å². The molecule has 0 aliphatic carbocycles. The van der Waals surface area contributed by atoms with Crippen LogP contribution in [0.5, 0.6) is 5.75 Å². The van der Waals surface area contributed by atoms with Gasteiger partial charge in [0.15, 0.2) is 0 Å². The molecule has 35 heavy (non-hydrogen) atoms. The van der Waals surface area contributed by atoms with Crippen molar-refractivity contribution < 1.29 is 27.5 Å². The number of amides is 2. The van der Waals surface area contributed by atoms with E-state index in [0.717, 1.165) is 5.56 Å². The minimum Gasteiger partial charge on any atom is -0.494 e. The maximum atomic E-state index is 13.5. The standard InChI is InChI=1S/C25H33N3O6S/c1-4-33-23-12-11-21(17-19(23)3)35(31,32)26-22(18-20-9-7-6-8-10-20)24(29)27-13-15-28(16-14-27)25(30)34-5-2/h6-12,17,22,26H,4-5,13-16,18H2,1-3H3/t22-/m1/s1. The van der Waals surface area contributed by atoms with Crippen LogP contribution < -0.4 is 9.46 Å². The number of carbonyl (C=O) groups excluding carboxylic acids is 2. The monoisotopic (exact) mass is 503 g/mol. The van der Waals surface area contributed by atoms with E-state index in [1.165, 1.54) is 12.1 Å². The summed E-state index contributed by atoms with van der Waals surface area (Å²) in [6, 6.07) is 12.9. The molecule has 1 N–H and O–H groups in total. The second-order valence-corrected chi connectivity index (χ2v) is 9.95. The largest absolute Gasteiger partial charge is 0.494 e. The van der Waals surface area contributed by atoms with Gasteiger partial charge in [0.1, 0.15) is 11.8 Å². The highest BCUT2D eigenvalue weighted by Gasteiger charge is 2.32. The molecule has 2 amide bonds. The summed E-state index contributed by atoms with van der Waals surface area (Å²) in [7, 11) is -3.99. The number of aryl methyl sites for hydroxylation is 1. The summed E-state index contributed by atoms with van der Waals surface area (Å²) in [5.41, 5.74) is 1.53. The molecular weight excluding hydrogens is 470 g/mol. The topological polar surface area (TPSA) is 105 Å². The van der Waals surface area contributed by atoms with Crippen LogP contribution in [0.25, 0.3) is 0 Å². The lowest BCUT2D eigenvalue weighted by Crippen LogP contribution is -2.56. The minimum absolute atomic E-state index is 0.0662. The first kappa shape index (κ1) is 26.5. The van der Waals surface area contributed by atoms with Gasteiger partial charge in [-0.05, 0) is 56.5 Å². The highest BCUT2D eigenvalue weighted by atomic mass is 32.2. The SMILES string of the molecule is CCOC(=O)N1CCN(C(=O)[C@@H](Cc2ccccc2)NS(=O)(=O)c2ccc(OCC)c(C)c2)CC1. The molecule has 10 heteroatoms. The minimum atomic E-state index is -3.99. The average Bonchev–Trinajstić information content (AvgIpc) is 2.85. The van der Waals surface area contributed by atoms with Crippen LogP contribution in [0.3, 0.4) is 0 Å². The fraction of sp³-hybridized carbons (Fsp3) is 0.440. The quantitative estimate of drug-likeness (QED) is 0.564. The van der Waals surface area contributed by atoms with Gasteiger partial charge in [-0.3, -0.25) is 4.79 Å². The zero-order chi connectivity index (χ0) is 25.4. The predicted octanol–water partition coefficient (Wildman–Crippen LogP) is 2.58. The van der Waals surface area contributed by atoms with Crippen molar-refractivity contribution in [3.05, 3.63) is 59.7 Å². The van der Waals surface area contributed by atoms with Crippen molar-refractivity contribution >= 4 is 22.0 Å². The fourth-order valence-electron chi connectivity index (χ4n) is 3.94. The molecule has 2 aromatic rings. The predicted molar refractivity (Wildman–Crippen MR) is 132 cm³/mol. The zero-order valence-corrected chi connectivity index (χ0v) is 21.2. The van der Waals surface area contributed by atoms with E-state index in [0.29, 0.717) is 44.1 Å². The number of nitrogens with one attached hydrogen (secondary N) is 1. The van der Waals surface area contributed by atoms with E-state index in [4.69, 9.17) is 9.47 Å². The smallest absolute Gasteiger partial charge is 0.409 e. The Labute approximate surface area is 207 Å². The highest BCUT2D eigenvalue weighted by Crippen LogP contribution is 2.22. The molecule has 1 saturated heterocycles. The first-order chi connectivity index (χ1) is 16.7. The fourth-order valence-corrected chi connectivity index (χ4v) is 5.21. The van der Waals surface area contributed by atoms with Crippen LogP contribution in [-0.2, 0) is 26.0 Å². The lowest BCUT2D eigenvalue weighted by molar-refractivity contribution is -0.134. The Balaban J connectivity index is 1.79. The van der Waals surface area contributed by atoms with Crippen LogP contribution in [0.15, 0.2) is 53.4 Å². The summed E-state index contributed by atoms with van der Waals surface area (Å²) < 4.78 is 39.7. The third kappa shape index (κ3) is 6.95. The lowest BCUT2D eigenvalue weighted by atomic mass is 10.1. The van der Waals surface area contributed by atoms with Crippen molar-refractivity contribution in [1.29, 1.82) is 0 Å². The summed E-state index contributed by atoms with van der Waals surface area (Å²) >= 11 is 0. The maximum Gasteiger partial charge on any atom is 0.409 e. The van der Waals surface area contributed by atoms with Gasteiger partial charge in [0, 0.05) is 26.2 Å². The molecule has 1 heterocycles. The highest BCUT2D eigenvalue weighted by molar-refractivity contribution is 7.89. The van der Waals surface area contributed by atoms with E-state index in [9.17, 15) is 18.0 Å². The molecule has 0 radical (unpaired) electrons. The van der Waals surface area contributed by atoms with Crippen molar-refractivity contribution in [2.45, 2.75) is 38.1 Å². The van der Waals surface area contributed by atoms with E-state index < -0.39 is 22.2 Å². The molecule has 3 rings (SSSR count). The molecule has 1 aliphatic heterocycles. The van der Waals surface area contributed by atoms with Gasteiger partial charge in [-0.1, -0.05) is 30.3 Å². The number of sulfonamides is 1. The molecule has 9 nitrogen and oxygen atoms in total. The van der Waals surface area contributed by atoms with Crippen LogP contribution in [0.1, 0.15) is 25.0 Å². The molecule has 1 fully saturated rings. The number of hydrogen-bond donors (Lipinski definition) is 1. The molecule has 2 aromatic carbocycles. The van der Waals surface area contributed by atoms with E-state index in [2.05, 4.69) is 4.72 Å². The van der Waals surface area contributed by atoms with Gasteiger partial charge in [-0.2, -0.15) is 4.72 Å². The Bertz CT molecular complexity index is 1120. The van der Waals surface area contributed by atoms with Crippen molar-refractivity contribution in [2.75, 3.05) is 39.4 Å². The number of hydrogen-bond acceptors (Lipinski definition) is 6. The number of benzene rings is 2. The Kier molecular flexibility index (Phi) is 9.11. The summed E-state index contributed by atoms with van der Waals surface area (Å²) in [5, 5.41) is 0. The molecule has 0 saturated carbocycles. The van der Waals surface area contributed by atoms with Gasteiger partial charge < -0.3 is 19.3 Å². The number of nitrogens with zero attached hydrogens (tertiary/aromatic N) is 2. The van der Waals surface area contributed by atoms with Crippen molar-refractivity contribution in [3.63, 3.8) is 0 Å². The Morgan fingerprint density at radius 3 is 2.23 bits per heavy atom. The van der Waals surface area contributed by atoms with E-state index in [1.807, 2.05) is 37.3 Å². The molecule has 0 bridgehead atoms. The Hall–Kier alpha value is -3.11. The van der Waals surface area contributed by atoms with Crippen molar-refractivity contribution in [1.82, 2.24) is 14.5 Å². The van der Waals surface area contributed by atoms with Gasteiger partial charge in [-0.25, -0.2) is 13.2 Å². The van der Waals surface area contributed by atoms with Gasteiger partial charge in [0.05, 0.1) is 18.1 Å². The van der Waals surface area contributed by atoms with Gasteiger partial charge >= 0.3 is 6.09 Å². The normalized spacial score (nSPS) is 14.9. The zero-order valence-electron chi connectivity index (χ0n) is 20.4. The van der Waals surface area contributed by atoms with Crippen LogP contribution in [0.2, 0.25) is 0 Å². The summed E-state index contributed by atoms with van der Waals surface area (Å²) in [6.07, 6.45) is -0.209. The molecule has 0 spiro atoms. The molecule has 1 aliphatic rings. The third-order valence-electron chi connectivity index (χ3n) is 5.75. The molecule has 0 aromatic heterocycles. The van der Waals surface area contributed by atoms with Crippen LogP contribution in [0, 0.1) is 6.92 Å². The third-order valence-corrected chi connectivity index (χ3v) is 7.22. The van der Waals surface area contributed by atoms with Crippen LogP contribution >= 0.6 is 0 Å². The number of carbonyl (C=O) groups is 2. The first-order valence-electron chi connectivity index (χ1n) is 11.7. The van der Waals surface area contributed by atoms with E-state index >= 15 is 0 Å². The number of rotatable bonds is 9. The van der Waals surface area contributed by atoms with Crippen molar-refractivity contribution in [3.8, 4) is 5.75 Å². The summed E-state index contributed by atoms with van der Waals surface area (Å²) in [4.78, 5) is 28.7. The number of piperazine rings is 1. The molecule has 1 atom stereocenters. The van der Waals surface area contributed by atoms with Gasteiger partial charge in [0.25, 0.3) is 0 Å². The maximum absolute atomic E-state index is 13.5. The number of ether oxygens (including phenoxy) is 2. The Morgan fingerprint density at radius 1 is 0.971 bits per heavy atom.